The number of primary amides is 1. The Kier molecular flexibility index (Phi) is 10.6. The number of aliphatic carboxylic acids is 1. The summed E-state index contributed by atoms with van der Waals surface area (Å²) in [5.74, 6) is -4.08. The van der Waals surface area contributed by atoms with Crippen molar-refractivity contribution in [3.63, 3.8) is 0 Å². The van der Waals surface area contributed by atoms with Crippen LogP contribution in [0.5, 0.6) is 5.75 Å². The van der Waals surface area contributed by atoms with Crippen molar-refractivity contribution in [2.45, 2.75) is 56.8 Å². The molecule has 37 heavy (non-hydrogen) atoms. The van der Waals surface area contributed by atoms with E-state index < -0.39 is 53.8 Å². The van der Waals surface area contributed by atoms with Crippen molar-refractivity contribution >= 4 is 29.6 Å². The smallest absolute Gasteiger partial charge is 0.326 e. The molecule has 14 heteroatoms. The first-order chi connectivity index (χ1) is 17.5. The number of carbonyl (C=O) groups excluding carboxylic acids is 4. The third-order valence-electron chi connectivity index (χ3n) is 5.39. The predicted octanol–water partition coefficient (Wildman–Crippen LogP) is -1.95. The third-order valence-corrected chi connectivity index (χ3v) is 5.39. The molecule has 0 saturated heterocycles. The molecule has 0 aliphatic rings. The highest BCUT2D eigenvalue weighted by Crippen LogP contribution is 2.12. The van der Waals surface area contributed by atoms with Crippen molar-refractivity contribution in [1.29, 1.82) is 0 Å². The van der Waals surface area contributed by atoms with Gasteiger partial charge in [-0.15, -0.1) is 0 Å². The quantitative estimate of drug-likeness (QED) is 0.139. The van der Waals surface area contributed by atoms with Gasteiger partial charge in [0.1, 0.15) is 23.9 Å². The van der Waals surface area contributed by atoms with Crippen LogP contribution in [0.25, 0.3) is 0 Å². The molecule has 0 bridgehead atoms. The van der Waals surface area contributed by atoms with E-state index in [2.05, 4.69) is 25.9 Å². The van der Waals surface area contributed by atoms with Gasteiger partial charge in [-0.1, -0.05) is 12.1 Å². The summed E-state index contributed by atoms with van der Waals surface area (Å²) in [5.41, 5.74) is 11.8. The zero-order chi connectivity index (χ0) is 27.5. The van der Waals surface area contributed by atoms with Gasteiger partial charge in [0.2, 0.25) is 23.6 Å². The van der Waals surface area contributed by atoms with Gasteiger partial charge >= 0.3 is 5.97 Å². The van der Waals surface area contributed by atoms with Gasteiger partial charge in [-0.05, 0) is 31.0 Å². The molecule has 0 fully saturated rings. The highest BCUT2D eigenvalue weighted by Gasteiger charge is 2.29. The number of nitrogens with one attached hydrogen (secondary N) is 4. The minimum atomic E-state index is -1.32. The molecule has 0 aliphatic heterocycles. The number of H-pyrrole nitrogens is 1. The van der Waals surface area contributed by atoms with Gasteiger partial charge in [0.05, 0.1) is 12.4 Å². The number of phenolic OH excluding ortho intramolecular Hbond substituents is 1. The molecule has 2 rings (SSSR count). The molecular formula is C23H31N7O7. The van der Waals surface area contributed by atoms with E-state index in [1.807, 2.05) is 0 Å². The molecule has 0 saturated carbocycles. The number of nitrogens with zero attached hydrogens (tertiary/aromatic N) is 1. The molecule has 1 aromatic heterocycles. The van der Waals surface area contributed by atoms with Crippen molar-refractivity contribution in [3.8, 4) is 5.75 Å². The fraction of sp³-hybridized carbons (Fsp3) is 0.391. The van der Waals surface area contributed by atoms with Gasteiger partial charge < -0.3 is 42.6 Å². The number of imidazole rings is 1. The number of rotatable bonds is 14. The number of phenols is 1. The van der Waals surface area contributed by atoms with Crippen LogP contribution < -0.4 is 27.4 Å². The highest BCUT2D eigenvalue weighted by atomic mass is 16.4. The first kappa shape index (κ1) is 28.8. The number of carboxylic acid groups (broad SMARTS) is 1. The van der Waals surface area contributed by atoms with Crippen molar-refractivity contribution < 1.29 is 34.2 Å². The Morgan fingerprint density at radius 3 is 2.19 bits per heavy atom. The first-order valence-corrected chi connectivity index (χ1v) is 11.4. The molecule has 4 atom stereocenters. The first-order valence-electron chi connectivity index (χ1n) is 11.4. The third kappa shape index (κ3) is 9.60. The summed E-state index contributed by atoms with van der Waals surface area (Å²) in [6.07, 6.45) is 2.62. The Morgan fingerprint density at radius 1 is 0.973 bits per heavy atom. The molecular weight excluding hydrogens is 486 g/mol. The van der Waals surface area contributed by atoms with E-state index >= 15 is 0 Å². The number of aromatic hydroxyl groups is 1. The fourth-order valence-corrected chi connectivity index (χ4v) is 3.28. The lowest BCUT2D eigenvalue weighted by molar-refractivity contribution is -0.142. The highest BCUT2D eigenvalue weighted by molar-refractivity contribution is 5.94. The SMILES string of the molecule is CC(NC(=O)C(N)CCC(N)=O)C(=O)NC(Cc1cnc[nH]1)C(=O)NC(Cc1ccc(O)cc1)C(=O)O. The van der Waals surface area contributed by atoms with Crippen LogP contribution in [-0.4, -0.2) is 73.9 Å². The molecule has 4 amide bonds. The van der Waals surface area contributed by atoms with E-state index in [9.17, 15) is 34.2 Å². The van der Waals surface area contributed by atoms with Crippen molar-refractivity contribution in [2.24, 2.45) is 11.5 Å². The van der Waals surface area contributed by atoms with E-state index in [1.165, 1.54) is 43.7 Å². The molecule has 14 nitrogen and oxygen atoms in total. The van der Waals surface area contributed by atoms with Crippen LogP contribution >= 0.6 is 0 Å². The summed E-state index contributed by atoms with van der Waals surface area (Å²) in [5, 5.41) is 26.4. The van der Waals surface area contributed by atoms with Gasteiger partial charge in [-0.2, -0.15) is 0 Å². The Labute approximate surface area is 212 Å². The fourth-order valence-electron chi connectivity index (χ4n) is 3.28. The molecule has 0 aliphatic carbocycles. The number of aromatic nitrogens is 2. The van der Waals surface area contributed by atoms with Crippen LogP contribution in [0.4, 0.5) is 0 Å². The minimum Gasteiger partial charge on any atom is -0.508 e. The monoisotopic (exact) mass is 517 g/mol. The molecule has 1 heterocycles. The van der Waals surface area contributed by atoms with Crippen LogP contribution in [0.3, 0.4) is 0 Å². The molecule has 2 aromatic rings. The second kappa shape index (κ2) is 13.6. The Morgan fingerprint density at radius 2 is 1.62 bits per heavy atom. The maximum Gasteiger partial charge on any atom is 0.326 e. The normalized spacial score (nSPS) is 14.0. The second-order valence-electron chi connectivity index (χ2n) is 8.45. The maximum absolute atomic E-state index is 13.1. The van der Waals surface area contributed by atoms with E-state index in [1.54, 1.807) is 0 Å². The predicted molar refractivity (Wildman–Crippen MR) is 130 cm³/mol. The number of hydrogen-bond acceptors (Lipinski definition) is 8. The number of carboxylic acids is 1. The lowest BCUT2D eigenvalue weighted by Gasteiger charge is -2.23. The van der Waals surface area contributed by atoms with Crippen LogP contribution in [0.15, 0.2) is 36.8 Å². The van der Waals surface area contributed by atoms with E-state index in [4.69, 9.17) is 11.5 Å². The van der Waals surface area contributed by atoms with Crippen molar-refractivity contribution in [2.75, 3.05) is 0 Å². The summed E-state index contributed by atoms with van der Waals surface area (Å²) in [4.78, 5) is 67.4. The molecule has 200 valence electrons. The summed E-state index contributed by atoms with van der Waals surface area (Å²) in [6, 6.07) is 1.15. The van der Waals surface area contributed by atoms with Gasteiger partial charge in [0, 0.05) is 31.2 Å². The summed E-state index contributed by atoms with van der Waals surface area (Å²) in [6.45, 7) is 1.38. The molecule has 4 unspecified atom stereocenters. The molecule has 10 N–H and O–H groups in total. The van der Waals surface area contributed by atoms with Gasteiger partial charge in [0.25, 0.3) is 0 Å². The maximum atomic E-state index is 13.1. The van der Waals surface area contributed by atoms with Crippen molar-refractivity contribution in [3.05, 3.63) is 48.0 Å². The lowest BCUT2D eigenvalue weighted by atomic mass is 10.0. The lowest BCUT2D eigenvalue weighted by Crippen LogP contribution is -2.57. The van der Waals surface area contributed by atoms with Crippen LogP contribution in [0.1, 0.15) is 31.0 Å². The number of aromatic amines is 1. The summed E-state index contributed by atoms with van der Waals surface area (Å²) < 4.78 is 0. The Hall–Kier alpha value is -4.46. The van der Waals surface area contributed by atoms with Crippen molar-refractivity contribution in [1.82, 2.24) is 25.9 Å². The number of nitrogens with two attached hydrogens (primary N) is 2. The Bertz CT molecular complexity index is 1090. The van der Waals surface area contributed by atoms with Crippen LogP contribution in [0, 0.1) is 0 Å². The van der Waals surface area contributed by atoms with Gasteiger partial charge in [-0.25, -0.2) is 9.78 Å². The molecule has 0 spiro atoms. The second-order valence-corrected chi connectivity index (χ2v) is 8.45. The topological polar surface area (TPSA) is 243 Å². The summed E-state index contributed by atoms with van der Waals surface area (Å²) in [7, 11) is 0. The number of amides is 4. The zero-order valence-corrected chi connectivity index (χ0v) is 20.1. The molecule has 0 radical (unpaired) electrons. The Balaban J connectivity index is 2.08. The van der Waals surface area contributed by atoms with E-state index in [-0.39, 0.29) is 31.4 Å². The standard InChI is InChI=1S/C23H31N7O7/c1-12(28-21(34)16(24)6-7-19(25)32)20(33)29-17(9-14-10-26-11-27-14)22(35)30-18(23(36)37)8-13-2-4-15(31)5-3-13/h2-5,10-12,16-18,31H,6-9,24H2,1H3,(H2,25,32)(H,26,27)(H,28,34)(H,29,33)(H,30,35)(H,36,37). The van der Waals surface area contributed by atoms with Crippen LogP contribution in [0.2, 0.25) is 0 Å². The van der Waals surface area contributed by atoms with Gasteiger partial charge in [0.15, 0.2) is 0 Å². The zero-order valence-electron chi connectivity index (χ0n) is 20.1. The number of carbonyl (C=O) groups is 5. The average Bonchev–Trinajstić information content (AvgIpc) is 3.35. The van der Waals surface area contributed by atoms with E-state index in [0.29, 0.717) is 11.3 Å². The molecule has 1 aromatic carbocycles. The van der Waals surface area contributed by atoms with E-state index in [0.717, 1.165) is 0 Å². The average molecular weight is 518 g/mol. The van der Waals surface area contributed by atoms with Crippen LogP contribution in [-0.2, 0) is 36.8 Å². The number of benzene rings is 1. The minimum absolute atomic E-state index is 0.00202. The number of hydrogen-bond donors (Lipinski definition) is 8. The summed E-state index contributed by atoms with van der Waals surface area (Å²) >= 11 is 0. The largest absolute Gasteiger partial charge is 0.508 e. The van der Waals surface area contributed by atoms with Gasteiger partial charge in [-0.3, -0.25) is 19.2 Å².